The molecule has 0 saturated heterocycles. The van der Waals surface area contributed by atoms with Gasteiger partial charge in [0, 0.05) is 24.2 Å². The summed E-state index contributed by atoms with van der Waals surface area (Å²) in [5.41, 5.74) is 1.26. The van der Waals surface area contributed by atoms with Crippen molar-refractivity contribution in [1.29, 1.82) is 0 Å². The second-order valence-corrected chi connectivity index (χ2v) is 7.96. The van der Waals surface area contributed by atoms with Crippen LogP contribution in [0.1, 0.15) is 5.56 Å². The second-order valence-electron chi connectivity index (χ2n) is 5.55. The van der Waals surface area contributed by atoms with Gasteiger partial charge in [-0.2, -0.15) is 0 Å². The number of nitrogens with one attached hydrogen (secondary N) is 1. The minimum atomic E-state index is -3.83. The van der Waals surface area contributed by atoms with Crippen molar-refractivity contribution >= 4 is 33.5 Å². The minimum absolute atomic E-state index is 0.0599. The number of methoxy groups -OCH3 is 1. The molecule has 0 bridgehead atoms. The Morgan fingerprint density at radius 2 is 2.00 bits per heavy atom. The van der Waals surface area contributed by atoms with E-state index in [9.17, 15) is 13.2 Å². The lowest BCUT2D eigenvalue weighted by Gasteiger charge is -2.19. The highest BCUT2D eigenvalue weighted by Gasteiger charge is 2.13. The molecule has 2 amide bonds. The summed E-state index contributed by atoms with van der Waals surface area (Å²) >= 11 is 1.58. The Balaban J connectivity index is 2.09. The zero-order chi connectivity index (χ0) is 19.3. The van der Waals surface area contributed by atoms with E-state index in [1.54, 1.807) is 32.0 Å². The largest absolute Gasteiger partial charge is 0.496 e. The number of hydrogen-bond acceptors (Lipinski definition) is 5. The molecule has 9 heteroatoms. The minimum Gasteiger partial charge on any atom is -0.496 e. The normalized spacial score (nSPS) is 11.1. The standard InChI is InChI=1S/C17H21N3O4S2/c1-20(11-12-7-8-16(25-3)15(9-12)24-2)17(21)19-13-5-4-6-14(10-13)26(18,22)23/h4-10H,11H2,1-3H3,(H,19,21)(H2,18,22,23). The second kappa shape index (κ2) is 8.43. The van der Waals surface area contributed by atoms with Gasteiger partial charge < -0.3 is 15.0 Å². The summed E-state index contributed by atoms with van der Waals surface area (Å²) in [6.45, 7) is 0.367. The first-order chi connectivity index (χ1) is 12.2. The van der Waals surface area contributed by atoms with Crippen molar-refractivity contribution < 1.29 is 17.9 Å². The quantitative estimate of drug-likeness (QED) is 0.732. The number of ether oxygens (including phenoxy) is 1. The Bertz CT molecular complexity index is 901. The van der Waals surface area contributed by atoms with Gasteiger partial charge in [-0.15, -0.1) is 11.8 Å². The van der Waals surface area contributed by atoms with Gasteiger partial charge in [0.25, 0.3) is 0 Å². The molecule has 0 heterocycles. The van der Waals surface area contributed by atoms with Gasteiger partial charge >= 0.3 is 6.03 Å². The van der Waals surface area contributed by atoms with Gasteiger partial charge in [0.15, 0.2) is 0 Å². The highest BCUT2D eigenvalue weighted by molar-refractivity contribution is 7.98. The first-order valence-corrected chi connectivity index (χ1v) is 10.4. The van der Waals surface area contributed by atoms with Crippen LogP contribution in [0.2, 0.25) is 0 Å². The van der Waals surface area contributed by atoms with E-state index in [-0.39, 0.29) is 10.9 Å². The van der Waals surface area contributed by atoms with Gasteiger partial charge in [-0.25, -0.2) is 18.4 Å². The first-order valence-electron chi connectivity index (χ1n) is 7.60. The summed E-state index contributed by atoms with van der Waals surface area (Å²) in [6.07, 6.45) is 1.97. The number of benzene rings is 2. The number of urea groups is 1. The van der Waals surface area contributed by atoms with Crippen LogP contribution in [0.15, 0.2) is 52.3 Å². The highest BCUT2D eigenvalue weighted by atomic mass is 32.2. The van der Waals surface area contributed by atoms with Crippen molar-refractivity contribution in [3.8, 4) is 5.75 Å². The fourth-order valence-electron chi connectivity index (χ4n) is 2.29. The molecule has 0 aromatic heterocycles. The summed E-state index contributed by atoms with van der Waals surface area (Å²) in [5, 5.41) is 7.76. The maximum atomic E-state index is 12.4. The molecule has 2 aromatic carbocycles. The van der Waals surface area contributed by atoms with Crippen LogP contribution in [-0.4, -0.2) is 39.8 Å². The topological polar surface area (TPSA) is 102 Å². The molecule has 140 valence electrons. The molecule has 0 aliphatic carbocycles. The molecule has 3 N–H and O–H groups in total. The third-order valence-electron chi connectivity index (χ3n) is 3.63. The molecule has 0 aliphatic heterocycles. The maximum absolute atomic E-state index is 12.4. The zero-order valence-electron chi connectivity index (χ0n) is 14.7. The molecule has 0 atom stereocenters. The fraction of sp³-hybridized carbons (Fsp3) is 0.235. The van der Waals surface area contributed by atoms with Crippen LogP contribution in [-0.2, 0) is 16.6 Å². The van der Waals surface area contributed by atoms with Gasteiger partial charge in [-0.3, -0.25) is 0 Å². The lowest BCUT2D eigenvalue weighted by molar-refractivity contribution is 0.220. The third kappa shape index (κ3) is 5.13. The maximum Gasteiger partial charge on any atom is 0.321 e. The predicted octanol–water partition coefficient (Wildman–Crippen LogP) is 2.73. The smallest absolute Gasteiger partial charge is 0.321 e. The van der Waals surface area contributed by atoms with Crippen LogP contribution in [0, 0.1) is 0 Å². The SMILES string of the molecule is COc1cc(CN(C)C(=O)Nc2cccc(S(N)(=O)=O)c2)ccc1SC. The average molecular weight is 396 g/mol. The van der Waals surface area contributed by atoms with Gasteiger partial charge in [-0.05, 0) is 42.2 Å². The number of nitrogens with zero attached hydrogens (tertiary/aromatic N) is 1. The average Bonchev–Trinajstić information content (AvgIpc) is 2.61. The number of sulfonamides is 1. The number of amides is 2. The molecule has 0 radical (unpaired) electrons. The van der Waals surface area contributed by atoms with E-state index >= 15 is 0 Å². The Morgan fingerprint density at radius 3 is 2.62 bits per heavy atom. The molecular weight excluding hydrogens is 374 g/mol. The van der Waals surface area contributed by atoms with Crippen LogP contribution in [0.4, 0.5) is 10.5 Å². The Hall–Kier alpha value is -2.23. The van der Waals surface area contributed by atoms with E-state index in [0.29, 0.717) is 12.2 Å². The van der Waals surface area contributed by atoms with Crippen LogP contribution >= 0.6 is 11.8 Å². The number of carbonyl (C=O) groups excluding carboxylic acids is 1. The van der Waals surface area contributed by atoms with E-state index in [2.05, 4.69) is 5.32 Å². The van der Waals surface area contributed by atoms with E-state index in [1.807, 2.05) is 24.5 Å². The molecule has 0 aliphatic rings. The van der Waals surface area contributed by atoms with Crippen molar-refractivity contribution in [2.24, 2.45) is 5.14 Å². The van der Waals surface area contributed by atoms with E-state index in [4.69, 9.17) is 9.88 Å². The highest BCUT2D eigenvalue weighted by Crippen LogP contribution is 2.28. The number of nitrogens with two attached hydrogens (primary N) is 1. The molecular formula is C17H21N3O4S2. The number of carbonyl (C=O) groups is 1. The van der Waals surface area contributed by atoms with Crippen LogP contribution < -0.4 is 15.2 Å². The molecule has 7 nitrogen and oxygen atoms in total. The van der Waals surface area contributed by atoms with Crippen LogP contribution in [0.25, 0.3) is 0 Å². The summed E-state index contributed by atoms with van der Waals surface area (Å²) in [6, 6.07) is 11.2. The Labute approximate surface area is 157 Å². The van der Waals surface area contributed by atoms with Crippen molar-refractivity contribution in [2.75, 3.05) is 25.7 Å². The van der Waals surface area contributed by atoms with E-state index in [1.165, 1.54) is 23.1 Å². The van der Waals surface area contributed by atoms with E-state index < -0.39 is 10.0 Å². The molecule has 0 fully saturated rings. The molecule has 0 saturated carbocycles. The fourth-order valence-corrected chi connectivity index (χ4v) is 3.40. The Kier molecular flexibility index (Phi) is 6.52. The lowest BCUT2D eigenvalue weighted by Crippen LogP contribution is -2.30. The molecule has 2 aromatic rings. The van der Waals surface area contributed by atoms with Crippen molar-refractivity contribution in [2.45, 2.75) is 16.3 Å². The van der Waals surface area contributed by atoms with Gasteiger partial charge in [0.05, 0.1) is 12.0 Å². The third-order valence-corrected chi connectivity index (χ3v) is 5.32. The number of thioether (sulfide) groups is 1. The Morgan fingerprint density at radius 1 is 1.27 bits per heavy atom. The van der Waals surface area contributed by atoms with Crippen molar-refractivity contribution in [1.82, 2.24) is 4.90 Å². The van der Waals surface area contributed by atoms with Gasteiger partial charge in [0.2, 0.25) is 10.0 Å². The summed E-state index contributed by atoms with van der Waals surface area (Å²) in [4.78, 5) is 14.8. The van der Waals surface area contributed by atoms with E-state index in [0.717, 1.165) is 16.2 Å². The summed E-state index contributed by atoms with van der Waals surface area (Å²) in [7, 11) is -0.573. The van der Waals surface area contributed by atoms with Crippen LogP contribution in [0.5, 0.6) is 5.75 Å². The van der Waals surface area contributed by atoms with Crippen molar-refractivity contribution in [3.63, 3.8) is 0 Å². The first kappa shape index (κ1) is 20.1. The zero-order valence-corrected chi connectivity index (χ0v) is 16.4. The molecule has 2 rings (SSSR count). The van der Waals surface area contributed by atoms with Crippen LogP contribution in [0.3, 0.4) is 0 Å². The number of rotatable bonds is 6. The number of anilines is 1. The summed E-state index contributed by atoms with van der Waals surface area (Å²) < 4.78 is 28.2. The van der Waals surface area contributed by atoms with Gasteiger partial charge in [0.1, 0.15) is 5.75 Å². The molecule has 0 spiro atoms. The van der Waals surface area contributed by atoms with Gasteiger partial charge in [-0.1, -0.05) is 12.1 Å². The lowest BCUT2D eigenvalue weighted by atomic mass is 10.2. The molecule has 0 unspecified atom stereocenters. The monoisotopic (exact) mass is 395 g/mol. The molecule has 26 heavy (non-hydrogen) atoms. The van der Waals surface area contributed by atoms with Crippen molar-refractivity contribution in [3.05, 3.63) is 48.0 Å². The number of hydrogen-bond donors (Lipinski definition) is 2. The predicted molar refractivity (Wildman–Crippen MR) is 103 cm³/mol. The number of primary sulfonamides is 1. The summed E-state index contributed by atoms with van der Waals surface area (Å²) in [5.74, 6) is 0.754.